The molecule has 3 rings (SSSR count). The molecule has 1 aromatic heterocycles. The van der Waals surface area contributed by atoms with Crippen molar-refractivity contribution in [3.63, 3.8) is 0 Å². The first-order valence-corrected chi connectivity index (χ1v) is 9.63. The van der Waals surface area contributed by atoms with E-state index in [1.165, 1.54) is 0 Å². The zero-order valence-corrected chi connectivity index (χ0v) is 17.5. The van der Waals surface area contributed by atoms with Gasteiger partial charge in [-0.15, -0.1) is 0 Å². The number of carbonyl (C=O) groups excluding carboxylic acids is 2. The number of anilines is 1. The van der Waals surface area contributed by atoms with E-state index < -0.39 is 5.97 Å². The van der Waals surface area contributed by atoms with Crippen LogP contribution in [0.4, 0.5) is 5.69 Å². The summed E-state index contributed by atoms with van der Waals surface area (Å²) in [7, 11) is 0. The van der Waals surface area contributed by atoms with Gasteiger partial charge in [-0.2, -0.15) is 0 Å². The number of nitrogens with one attached hydrogen (secondary N) is 1. The molecule has 1 amide bonds. The lowest BCUT2D eigenvalue weighted by Gasteiger charge is -2.11. The molecule has 144 valence electrons. The second-order valence-corrected chi connectivity index (χ2v) is 7.44. The van der Waals surface area contributed by atoms with Gasteiger partial charge in [-0.3, -0.25) is 4.79 Å². The maximum absolute atomic E-state index is 12.4. The number of rotatable bonds is 5. The Kier molecular flexibility index (Phi) is 5.99. The van der Waals surface area contributed by atoms with E-state index in [9.17, 15) is 9.59 Å². The maximum Gasteiger partial charge on any atom is 0.338 e. The third kappa shape index (κ3) is 4.51. The minimum Gasteiger partial charge on any atom is -0.452 e. The number of hydrogen-bond acceptors (Lipinski definition) is 3. The Labute approximate surface area is 172 Å². The topological polar surface area (TPSA) is 60.3 Å². The van der Waals surface area contributed by atoms with Gasteiger partial charge in [0.25, 0.3) is 5.91 Å². The van der Waals surface area contributed by atoms with Gasteiger partial charge in [-0.25, -0.2) is 4.79 Å². The monoisotopic (exact) mass is 440 g/mol. The summed E-state index contributed by atoms with van der Waals surface area (Å²) in [6, 6.07) is 16.7. The molecule has 1 heterocycles. The van der Waals surface area contributed by atoms with Crippen molar-refractivity contribution in [1.29, 1.82) is 0 Å². The van der Waals surface area contributed by atoms with Gasteiger partial charge in [0.15, 0.2) is 6.61 Å². The second kappa shape index (κ2) is 8.44. The molecule has 0 atom stereocenters. The molecule has 28 heavy (non-hydrogen) atoms. The fourth-order valence-corrected chi connectivity index (χ4v) is 3.23. The number of aromatic nitrogens is 1. The van der Waals surface area contributed by atoms with E-state index >= 15 is 0 Å². The molecule has 0 bridgehead atoms. The van der Waals surface area contributed by atoms with Crippen LogP contribution in [-0.2, 0) is 9.53 Å². The van der Waals surface area contributed by atoms with Crippen molar-refractivity contribution < 1.29 is 14.3 Å². The summed E-state index contributed by atoms with van der Waals surface area (Å²) < 4.78 is 8.20. The highest BCUT2D eigenvalue weighted by Crippen LogP contribution is 2.20. The number of ether oxygens (including phenoxy) is 1. The Balaban J connectivity index is 1.64. The van der Waals surface area contributed by atoms with E-state index in [4.69, 9.17) is 4.74 Å². The Hall–Kier alpha value is -2.86. The molecule has 0 radical (unpaired) electrons. The van der Waals surface area contributed by atoms with Crippen molar-refractivity contribution in [3.05, 3.63) is 81.6 Å². The van der Waals surface area contributed by atoms with Crippen molar-refractivity contribution in [3.8, 4) is 5.69 Å². The van der Waals surface area contributed by atoms with Gasteiger partial charge < -0.3 is 14.6 Å². The normalized spacial score (nSPS) is 10.6. The molecule has 0 spiro atoms. The van der Waals surface area contributed by atoms with E-state index in [-0.39, 0.29) is 12.5 Å². The summed E-state index contributed by atoms with van der Waals surface area (Å²) in [5, 5.41) is 2.72. The number of amides is 1. The smallest absolute Gasteiger partial charge is 0.338 e. The quantitative estimate of drug-likeness (QED) is 0.570. The lowest BCUT2D eigenvalue weighted by molar-refractivity contribution is -0.119. The molecular formula is C22H21BrN2O3. The van der Waals surface area contributed by atoms with Crippen molar-refractivity contribution in [2.24, 2.45) is 0 Å². The second-order valence-electron chi connectivity index (χ2n) is 6.59. The predicted octanol–water partition coefficient (Wildman–Crippen LogP) is 4.96. The lowest BCUT2D eigenvalue weighted by Crippen LogP contribution is -2.21. The van der Waals surface area contributed by atoms with Crippen LogP contribution in [0.1, 0.15) is 27.3 Å². The maximum atomic E-state index is 12.4. The Bertz CT molecular complexity index is 1020. The van der Waals surface area contributed by atoms with Gasteiger partial charge >= 0.3 is 5.97 Å². The SMILES string of the molecule is Cc1cc(NC(=O)COC(=O)c2cccc(-n3c(C)ccc3C)c2)ccc1Br. The Morgan fingerprint density at radius 3 is 2.39 bits per heavy atom. The molecule has 0 saturated carbocycles. The lowest BCUT2D eigenvalue weighted by atomic mass is 10.2. The molecule has 2 aromatic carbocycles. The van der Waals surface area contributed by atoms with Crippen molar-refractivity contribution in [2.75, 3.05) is 11.9 Å². The van der Waals surface area contributed by atoms with Gasteiger partial charge in [0.05, 0.1) is 5.56 Å². The number of aryl methyl sites for hydroxylation is 3. The molecule has 5 nitrogen and oxygen atoms in total. The highest BCUT2D eigenvalue weighted by atomic mass is 79.9. The predicted molar refractivity (Wildman–Crippen MR) is 113 cm³/mol. The first-order valence-electron chi connectivity index (χ1n) is 8.83. The number of benzene rings is 2. The fraction of sp³-hybridized carbons (Fsp3) is 0.182. The van der Waals surface area contributed by atoms with Gasteiger partial charge in [-0.05, 0) is 74.9 Å². The summed E-state index contributed by atoms with van der Waals surface area (Å²) >= 11 is 3.42. The van der Waals surface area contributed by atoms with Crippen LogP contribution in [0.25, 0.3) is 5.69 Å². The molecule has 0 fully saturated rings. The highest BCUT2D eigenvalue weighted by molar-refractivity contribution is 9.10. The highest BCUT2D eigenvalue weighted by Gasteiger charge is 2.13. The van der Waals surface area contributed by atoms with Gasteiger partial charge in [-0.1, -0.05) is 22.0 Å². The van der Waals surface area contributed by atoms with Crippen LogP contribution in [-0.4, -0.2) is 23.1 Å². The molecule has 0 aliphatic carbocycles. The fourth-order valence-electron chi connectivity index (χ4n) is 2.98. The van der Waals surface area contributed by atoms with Crippen LogP contribution in [0.15, 0.2) is 59.1 Å². The van der Waals surface area contributed by atoms with E-state index in [1.54, 1.807) is 24.3 Å². The Morgan fingerprint density at radius 2 is 1.71 bits per heavy atom. The molecule has 1 N–H and O–H groups in total. The van der Waals surface area contributed by atoms with Crippen LogP contribution in [0.2, 0.25) is 0 Å². The minimum atomic E-state index is -0.536. The van der Waals surface area contributed by atoms with Crippen LogP contribution in [0, 0.1) is 20.8 Å². The van der Waals surface area contributed by atoms with Gasteiger partial charge in [0.1, 0.15) is 0 Å². The van der Waals surface area contributed by atoms with Crippen LogP contribution in [0.5, 0.6) is 0 Å². The summed E-state index contributed by atoms with van der Waals surface area (Å²) in [4.78, 5) is 24.5. The summed E-state index contributed by atoms with van der Waals surface area (Å²) in [6.45, 7) is 5.60. The zero-order chi connectivity index (χ0) is 20.3. The van der Waals surface area contributed by atoms with E-state index in [0.29, 0.717) is 11.3 Å². The van der Waals surface area contributed by atoms with Gasteiger partial charge in [0.2, 0.25) is 0 Å². The van der Waals surface area contributed by atoms with Gasteiger partial charge in [0, 0.05) is 27.2 Å². The standard InChI is InChI=1S/C22H21BrN2O3/c1-14-11-18(9-10-20(14)23)24-21(26)13-28-22(27)17-5-4-6-19(12-17)25-15(2)7-8-16(25)3/h4-12H,13H2,1-3H3,(H,24,26). The first kappa shape index (κ1) is 19.9. The zero-order valence-electron chi connectivity index (χ0n) is 16.0. The average Bonchev–Trinajstić information content (AvgIpc) is 3.01. The largest absolute Gasteiger partial charge is 0.452 e. The minimum absolute atomic E-state index is 0.347. The van der Waals surface area contributed by atoms with Crippen LogP contribution in [0.3, 0.4) is 0 Å². The van der Waals surface area contributed by atoms with Crippen molar-refractivity contribution in [2.45, 2.75) is 20.8 Å². The average molecular weight is 441 g/mol. The molecular weight excluding hydrogens is 420 g/mol. The number of esters is 1. The molecule has 6 heteroatoms. The van der Waals surface area contributed by atoms with Crippen LogP contribution >= 0.6 is 15.9 Å². The molecule has 0 aliphatic rings. The third-order valence-electron chi connectivity index (χ3n) is 4.39. The molecule has 0 saturated heterocycles. The summed E-state index contributed by atoms with van der Waals surface area (Å²) in [5.41, 5.74) is 5.09. The molecule has 0 aliphatic heterocycles. The van der Waals surface area contributed by atoms with Crippen LogP contribution < -0.4 is 5.32 Å². The number of halogens is 1. The first-order chi connectivity index (χ1) is 13.3. The van der Waals surface area contributed by atoms with E-state index in [2.05, 4.69) is 25.8 Å². The summed E-state index contributed by atoms with van der Waals surface area (Å²) in [6.07, 6.45) is 0. The number of hydrogen-bond donors (Lipinski definition) is 1. The number of carbonyl (C=O) groups is 2. The van der Waals surface area contributed by atoms with E-state index in [0.717, 1.165) is 27.1 Å². The third-order valence-corrected chi connectivity index (χ3v) is 5.28. The Morgan fingerprint density at radius 1 is 1.00 bits per heavy atom. The summed E-state index contributed by atoms with van der Waals surface area (Å²) in [5.74, 6) is -0.922. The molecule has 3 aromatic rings. The van der Waals surface area contributed by atoms with Crippen molar-refractivity contribution >= 4 is 33.5 Å². The van der Waals surface area contributed by atoms with E-state index in [1.807, 2.05) is 51.1 Å². The van der Waals surface area contributed by atoms with Crippen molar-refractivity contribution in [1.82, 2.24) is 4.57 Å². The number of nitrogens with zero attached hydrogens (tertiary/aromatic N) is 1. The molecule has 0 unspecified atom stereocenters.